The van der Waals surface area contributed by atoms with Crippen molar-refractivity contribution >= 4 is 11.9 Å². The first-order chi connectivity index (χ1) is 27.0. The Morgan fingerprint density at radius 3 is 0.786 bits per heavy atom. The maximum Gasteiger partial charge on any atom is 2.00 e. The van der Waals surface area contributed by atoms with Crippen LogP contribution in [0, 0.1) is 12.2 Å². The second-order valence-corrected chi connectivity index (χ2v) is 13.1. The minimum Gasteiger partial charge on any atom is -0.480 e. The predicted molar refractivity (Wildman–Crippen MR) is 219 cm³/mol. The zero-order valence-electron chi connectivity index (χ0n) is 31.0. The van der Waals surface area contributed by atoms with Crippen molar-refractivity contribution in [3.63, 3.8) is 0 Å². The van der Waals surface area contributed by atoms with Crippen LogP contribution in [0.1, 0.15) is 52.6 Å². The van der Waals surface area contributed by atoms with Gasteiger partial charge in [0.05, 0.1) is 0 Å². The molecule has 0 saturated heterocycles. The Balaban J connectivity index is 0.000000168. The van der Waals surface area contributed by atoms with Crippen molar-refractivity contribution in [1.82, 2.24) is 0 Å². The topological polar surface area (TPSA) is 74.6 Å². The molecule has 0 spiro atoms. The molecule has 6 aromatic rings. The van der Waals surface area contributed by atoms with E-state index in [1.807, 2.05) is 182 Å². The average molecular weight is 767 g/mol. The predicted octanol–water partition coefficient (Wildman–Crippen LogP) is 11.0. The van der Waals surface area contributed by atoms with Crippen LogP contribution in [0.3, 0.4) is 0 Å². The standard InChI is InChI=1S/2C20H16O2.C11H10.Ti/c2*21-19(22)20(16-10-4-1-5-11-16,17-12-6-2-7-13-17)18-14-8-3-9-15-18;1-2-6-10(5-1)9-11-7-3-4-8-11;/h2*1-15H,(H,21,22);1,3,5,7H,2,4,9H2;/q;;-2;+2. The van der Waals surface area contributed by atoms with Gasteiger partial charge in [-0.3, -0.25) is 21.7 Å². The molecule has 274 valence electrons. The zero-order chi connectivity index (χ0) is 38.4. The zero-order valence-corrected chi connectivity index (χ0v) is 32.5. The molecule has 0 amide bonds. The maximum absolute atomic E-state index is 12.4. The van der Waals surface area contributed by atoms with Crippen LogP contribution in [0.25, 0.3) is 0 Å². The first-order valence-corrected chi connectivity index (χ1v) is 18.3. The molecule has 0 aromatic heterocycles. The van der Waals surface area contributed by atoms with Crippen LogP contribution in [-0.2, 0) is 42.1 Å². The molecular weight excluding hydrogens is 724 g/mol. The minimum atomic E-state index is -1.20. The van der Waals surface area contributed by atoms with Gasteiger partial charge in [-0.05, 0) is 33.4 Å². The molecule has 0 heterocycles. The van der Waals surface area contributed by atoms with Gasteiger partial charge in [-0.1, -0.05) is 188 Å². The van der Waals surface area contributed by atoms with Crippen molar-refractivity contribution in [2.75, 3.05) is 0 Å². The summed E-state index contributed by atoms with van der Waals surface area (Å²) in [6.45, 7) is 0. The second-order valence-electron chi connectivity index (χ2n) is 13.1. The molecule has 0 saturated carbocycles. The van der Waals surface area contributed by atoms with Crippen LogP contribution >= 0.6 is 0 Å². The fourth-order valence-corrected chi connectivity index (χ4v) is 7.22. The Morgan fingerprint density at radius 1 is 0.411 bits per heavy atom. The molecule has 8 rings (SSSR count). The third kappa shape index (κ3) is 9.06. The van der Waals surface area contributed by atoms with Crippen molar-refractivity contribution in [3.8, 4) is 0 Å². The molecular formula is C51H42O4Ti. The van der Waals surface area contributed by atoms with Gasteiger partial charge in [0.2, 0.25) is 0 Å². The van der Waals surface area contributed by atoms with Gasteiger partial charge in [-0.2, -0.15) is 12.2 Å². The minimum absolute atomic E-state index is 0. The molecule has 0 unspecified atom stereocenters. The molecule has 0 atom stereocenters. The van der Waals surface area contributed by atoms with Gasteiger partial charge < -0.3 is 10.2 Å². The van der Waals surface area contributed by atoms with Gasteiger partial charge in [0.15, 0.2) is 0 Å². The number of benzene rings is 6. The van der Waals surface area contributed by atoms with E-state index in [4.69, 9.17) is 0 Å². The number of aliphatic carboxylic acids is 2. The molecule has 2 N–H and O–H groups in total. The SMILES string of the molecule is O=C(O)C(c1ccccc1)(c1ccccc1)c1ccccc1.O=C(O)C(c1ccccc1)(c1ccccc1)c1ccccc1.[C-]1=C(CC2=[C-]CC=C2)C=CC1.[Ti+2]. The molecule has 2 aliphatic rings. The number of hydrogen-bond donors (Lipinski definition) is 2. The van der Waals surface area contributed by atoms with Gasteiger partial charge in [-0.25, -0.2) is 23.3 Å². The van der Waals surface area contributed by atoms with Crippen molar-refractivity contribution in [2.45, 2.75) is 30.1 Å². The number of allylic oxidation sites excluding steroid dienone is 8. The van der Waals surface area contributed by atoms with Crippen LogP contribution in [0.15, 0.2) is 217 Å². The Hall–Kier alpha value is -6.07. The molecule has 5 heteroatoms. The van der Waals surface area contributed by atoms with Gasteiger partial charge in [0.1, 0.15) is 10.8 Å². The molecule has 2 aliphatic carbocycles. The van der Waals surface area contributed by atoms with E-state index in [1.165, 1.54) is 11.1 Å². The van der Waals surface area contributed by atoms with E-state index in [2.05, 4.69) is 36.5 Å². The third-order valence-corrected chi connectivity index (χ3v) is 9.80. The quantitative estimate of drug-likeness (QED) is 0.0827. The summed E-state index contributed by atoms with van der Waals surface area (Å²) in [5, 5.41) is 20.4. The number of carboxylic acid groups (broad SMARTS) is 2. The van der Waals surface area contributed by atoms with Crippen LogP contribution in [0.2, 0.25) is 0 Å². The van der Waals surface area contributed by atoms with Crippen molar-refractivity contribution in [2.24, 2.45) is 0 Å². The average Bonchev–Trinajstić information content (AvgIpc) is 3.97. The summed E-state index contributed by atoms with van der Waals surface area (Å²) in [6.07, 6.45) is 18.2. The van der Waals surface area contributed by atoms with E-state index in [-0.39, 0.29) is 21.7 Å². The summed E-state index contributed by atoms with van der Waals surface area (Å²) in [7, 11) is 0. The molecule has 6 aromatic carbocycles. The van der Waals surface area contributed by atoms with Gasteiger partial charge >= 0.3 is 33.7 Å². The smallest absolute Gasteiger partial charge is 0.480 e. The van der Waals surface area contributed by atoms with Gasteiger partial charge in [-0.15, -0.1) is 12.8 Å². The number of rotatable bonds is 10. The summed E-state index contributed by atoms with van der Waals surface area (Å²) >= 11 is 0. The van der Waals surface area contributed by atoms with Crippen molar-refractivity contribution in [1.29, 1.82) is 0 Å². The Labute approximate surface area is 344 Å². The van der Waals surface area contributed by atoms with E-state index in [9.17, 15) is 19.8 Å². The largest absolute Gasteiger partial charge is 2.00 e. The summed E-state index contributed by atoms with van der Waals surface area (Å²) in [5.74, 6) is -1.76. The first kappa shape index (κ1) is 41.1. The monoisotopic (exact) mass is 766 g/mol. The molecule has 0 fully saturated rings. The summed E-state index contributed by atoms with van der Waals surface area (Å²) in [5.41, 5.74) is 4.73. The summed E-state index contributed by atoms with van der Waals surface area (Å²) in [4.78, 5) is 24.8. The number of hydrogen-bond acceptors (Lipinski definition) is 2. The van der Waals surface area contributed by atoms with E-state index < -0.39 is 22.8 Å². The van der Waals surface area contributed by atoms with Gasteiger partial charge in [0, 0.05) is 0 Å². The summed E-state index contributed by atoms with van der Waals surface area (Å²) in [6, 6.07) is 56.3. The van der Waals surface area contributed by atoms with Crippen molar-refractivity contribution in [3.05, 3.63) is 263 Å². The fraction of sp³-hybridized carbons (Fsp3) is 0.0980. The molecule has 0 aliphatic heterocycles. The second kappa shape index (κ2) is 20.0. The van der Waals surface area contributed by atoms with E-state index >= 15 is 0 Å². The van der Waals surface area contributed by atoms with Crippen LogP contribution in [-0.4, -0.2) is 22.2 Å². The van der Waals surface area contributed by atoms with E-state index in [0.717, 1.165) is 52.6 Å². The Bertz CT molecular complexity index is 1910. The number of carbonyl (C=O) groups is 2. The number of carboxylic acids is 2. The molecule has 4 nitrogen and oxygen atoms in total. The maximum atomic E-state index is 12.4. The van der Waals surface area contributed by atoms with Crippen LogP contribution < -0.4 is 0 Å². The first-order valence-electron chi connectivity index (χ1n) is 18.3. The fourth-order valence-electron chi connectivity index (χ4n) is 7.22. The van der Waals surface area contributed by atoms with Crippen molar-refractivity contribution < 1.29 is 41.5 Å². The molecule has 56 heavy (non-hydrogen) atoms. The molecule has 0 bridgehead atoms. The third-order valence-electron chi connectivity index (χ3n) is 9.80. The van der Waals surface area contributed by atoms with E-state index in [0.29, 0.717) is 0 Å². The Morgan fingerprint density at radius 2 is 0.625 bits per heavy atom. The molecule has 0 radical (unpaired) electrons. The van der Waals surface area contributed by atoms with Gasteiger partial charge in [0.25, 0.3) is 0 Å². The van der Waals surface area contributed by atoms with Crippen LogP contribution in [0.5, 0.6) is 0 Å². The normalized spacial score (nSPS) is 12.8. The Kier molecular flexibility index (Phi) is 14.7. The van der Waals surface area contributed by atoms with E-state index in [1.54, 1.807) is 0 Å². The summed E-state index contributed by atoms with van der Waals surface area (Å²) < 4.78 is 0. The van der Waals surface area contributed by atoms with Crippen LogP contribution in [0.4, 0.5) is 0 Å².